The number of ether oxygens (including phenoxy) is 2. The molecule has 6 atom stereocenters. The summed E-state index contributed by atoms with van der Waals surface area (Å²) in [7, 11) is 2.71. The maximum atomic E-state index is 14.5. The molecule has 2 aliphatic carbocycles. The van der Waals surface area contributed by atoms with Gasteiger partial charge in [-0.25, -0.2) is 9.29 Å². The topological polar surface area (TPSA) is 151 Å². The van der Waals surface area contributed by atoms with Gasteiger partial charge in [0.05, 0.1) is 31.7 Å². The molecule has 2 aromatic carbocycles. The van der Waals surface area contributed by atoms with Gasteiger partial charge in [-0.05, 0) is 49.4 Å². The molecule has 2 N–H and O–H groups in total. The number of hydrogen-bond donors (Lipinski definition) is 2. The van der Waals surface area contributed by atoms with Crippen LogP contribution < -0.4 is 14.4 Å². The zero-order valence-corrected chi connectivity index (χ0v) is 26.2. The van der Waals surface area contributed by atoms with E-state index in [0.717, 1.165) is 21.9 Å². The third-order valence-corrected chi connectivity index (χ3v) is 11.0. The molecule has 4 aliphatic rings. The number of imide groups is 2. The summed E-state index contributed by atoms with van der Waals surface area (Å²) < 4.78 is 24.7. The number of phenols is 1. The number of rotatable bonds is 8. The van der Waals surface area contributed by atoms with Crippen LogP contribution in [-0.2, 0) is 24.0 Å². The van der Waals surface area contributed by atoms with E-state index in [-0.39, 0.29) is 60.7 Å². The molecule has 2 saturated heterocycles. The lowest BCUT2D eigenvalue weighted by Crippen LogP contribution is -2.60. The number of allylic oxidation sites excluding steroid dienone is 2. The normalized spacial score (nSPS) is 30.2. The van der Waals surface area contributed by atoms with E-state index in [9.17, 15) is 33.5 Å². The first-order valence-electron chi connectivity index (χ1n) is 14.5. The van der Waals surface area contributed by atoms with Crippen molar-refractivity contribution in [3.05, 3.63) is 59.4 Å². The molecule has 0 aromatic heterocycles. The second-order valence-corrected chi connectivity index (χ2v) is 13.1. The van der Waals surface area contributed by atoms with Crippen molar-refractivity contribution >= 4 is 58.5 Å². The van der Waals surface area contributed by atoms with Crippen LogP contribution in [0.25, 0.3) is 0 Å². The number of alkyl halides is 2. The number of phenolic OH excluding ortho intramolecular Hbond substituents is 1. The molecule has 2 aliphatic heterocycles. The van der Waals surface area contributed by atoms with Gasteiger partial charge >= 0.3 is 5.97 Å². The van der Waals surface area contributed by atoms with Crippen LogP contribution in [0, 0.1) is 23.6 Å². The number of amides is 4. The average molecular weight is 675 g/mol. The molecule has 2 heterocycles. The number of aliphatic carboxylic acids is 1. The zero-order valence-electron chi connectivity index (χ0n) is 24.7. The fourth-order valence-electron chi connectivity index (χ4n) is 7.55. The summed E-state index contributed by atoms with van der Waals surface area (Å²) in [6.07, 6.45) is 1.28. The predicted molar refractivity (Wildman–Crippen MR) is 161 cm³/mol. The van der Waals surface area contributed by atoms with E-state index in [1.54, 1.807) is 6.08 Å². The van der Waals surface area contributed by atoms with E-state index in [2.05, 4.69) is 0 Å². The molecule has 2 aromatic rings. The Kier molecular flexibility index (Phi) is 7.79. The lowest BCUT2D eigenvalue weighted by molar-refractivity contribution is -0.142. The van der Waals surface area contributed by atoms with Crippen molar-refractivity contribution < 1.29 is 48.0 Å². The average Bonchev–Trinajstić information content (AvgIpc) is 3.35. The van der Waals surface area contributed by atoms with Gasteiger partial charge in [0.1, 0.15) is 23.1 Å². The standard InChI is InChI=1S/C32H29Cl2FN2O9/c1-45-17-12-21(38)25(22(13-17)46-2)26-18-9-10-19-24(28(42)36(27(19)41)11-3-4-23(39)40)20(18)14-31(33)29(43)37(30(44)32(26,31)34)16-7-5-15(35)6-8-16/h5-9,12-13,19-20,24,26,38H,3-4,10-11,14H2,1-2H3,(H,39,40). The Bertz CT molecular complexity index is 1720. The highest BCUT2D eigenvalue weighted by Gasteiger charge is 2.77. The van der Waals surface area contributed by atoms with Crippen molar-refractivity contribution in [1.82, 2.24) is 4.90 Å². The maximum absolute atomic E-state index is 14.5. The molecule has 0 bridgehead atoms. The second kappa shape index (κ2) is 11.3. The quantitative estimate of drug-likeness (QED) is 0.241. The van der Waals surface area contributed by atoms with Crippen LogP contribution in [-0.4, -0.2) is 75.2 Å². The van der Waals surface area contributed by atoms with Crippen molar-refractivity contribution in [1.29, 1.82) is 0 Å². The van der Waals surface area contributed by atoms with Crippen molar-refractivity contribution in [2.45, 2.75) is 41.3 Å². The largest absolute Gasteiger partial charge is 0.507 e. The lowest BCUT2D eigenvalue weighted by atomic mass is 9.56. The first-order chi connectivity index (χ1) is 21.8. The number of carboxylic acids is 1. The van der Waals surface area contributed by atoms with E-state index < -0.39 is 68.8 Å². The SMILES string of the molecule is COc1cc(O)c(C2C3=CCC4C(=O)N(CCCC(=O)O)C(=O)C4C3CC3(Cl)C(=O)N(c4ccc(F)cc4)C(=O)C23Cl)c(OC)c1. The number of likely N-dealkylation sites (tertiary alicyclic amines) is 1. The van der Waals surface area contributed by atoms with Crippen LogP contribution in [0.2, 0.25) is 0 Å². The highest BCUT2D eigenvalue weighted by atomic mass is 35.5. The third-order valence-electron chi connectivity index (χ3n) is 9.60. The molecule has 1 saturated carbocycles. The van der Waals surface area contributed by atoms with Gasteiger partial charge in [-0.1, -0.05) is 11.6 Å². The summed E-state index contributed by atoms with van der Waals surface area (Å²) in [5.74, 6) is -8.64. The van der Waals surface area contributed by atoms with Crippen LogP contribution >= 0.6 is 23.2 Å². The van der Waals surface area contributed by atoms with Gasteiger partial charge in [0.25, 0.3) is 11.8 Å². The number of carboxylic acid groups (broad SMARTS) is 1. The first kappa shape index (κ1) is 31.8. The molecule has 46 heavy (non-hydrogen) atoms. The molecule has 14 heteroatoms. The van der Waals surface area contributed by atoms with Gasteiger partial charge in [-0.2, -0.15) is 0 Å². The number of methoxy groups -OCH3 is 2. The summed E-state index contributed by atoms with van der Waals surface area (Å²) in [5, 5.41) is 20.5. The van der Waals surface area contributed by atoms with E-state index in [0.29, 0.717) is 5.57 Å². The van der Waals surface area contributed by atoms with Crippen molar-refractivity contribution in [2.75, 3.05) is 25.7 Å². The van der Waals surface area contributed by atoms with E-state index in [1.807, 2.05) is 0 Å². The summed E-state index contributed by atoms with van der Waals surface area (Å²) >= 11 is 14.7. The Balaban J connectivity index is 1.54. The molecule has 6 rings (SSSR count). The van der Waals surface area contributed by atoms with Gasteiger partial charge in [0.2, 0.25) is 11.8 Å². The van der Waals surface area contributed by atoms with Gasteiger partial charge < -0.3 is 19.7 Å². The van der Waals surface area contributed by atoms with Crippen LogP contribution in [0.4, 0.5) is 10.1 Å². The Morgan fingerprint density at radius 3 is 2.35 bits per heavy atom. The molecule has 11 nitrogen and oxygen atoms in total. The minimum Gasteiger partial charge on any atom is -0.507 e. The number of carbonyl (C=O) groups is 5. The van der Waals surface area contributed by atoms with Crippen molar-refractivity contribution in [3.8, 4) is 17.2 Å². The van der Waals surface area contributed by atoms with Crippen LogP contribution in [0.3, 0.4) is 0 Å². The zero-order chi connectivity index (χ0) is 33.3. The summed E-state index contributed by atoms with van der Waals surface area (Å²) in [6, 6.07) is 7.37. The monoisotopic (exact) mass is 674 g/mol. The van der Waals surface area contributed by atoms with Crippen LogP contribution in [0.1, 0.15) is 37.2 Å². The van der Waals surface area contributed by atoms with E-state index in [4.69, 9.17) is 37.8 Å². The van der Waals surface area contributed by atoms with Crippen molar-refractivity contribution in [3.63, 3.8) is 0 Å². The predicted octanol–water partition coefficient (Wildman–Crippen LogP) is 3.98. The highest BCUT2D eigenvalue weighted by Crippen LogP contribution is 2.67. The minimum absolute atomic E-state index is 0.0158. The lowest BCUT2D eigenvalue weighted by Gasteiger charge is -2.50. The number of nitrogens with zero attached hydrogens (tertiary/aromatic N) is 2. The summed E-state index contributed by atoms with van der Waals surface area (Å²) in [6.45, 7) is -0.100. The van der Waals surface area contributed by atoms with Gasteiger partial charge in [-0.3, -0.25) is 28.9 Å². The molecular weight excluding hydrogens is 646 g/mol. The Hall–Kier alpha value is -4.16. The molecule has 3 fully saturated rings. The number of anilines is 1. The number of halogens is 3. The maximum Gasteiger partial charge on any atom is 0.303 e. The van der Waals surface area contributed by atoms with E-state index in [1.165, 1.54) is 38.5 Å². The Labute approximate surface area is 272 Å². The number of benzene rings is 2. The van der Waals surface area contributed by atoms with E-state index >= 15 is 0 Å². The minimum atomic E-state index is -2.28. The van der Waals surface area contributed by atoms with Crippen LogP contribution in [0.5, 0.6) is 17.2 Å². The number of aromatic hydroxyl groups is 1. The highest BCUT2D eigenvalue weighted by molar-refractivity contribution is 6.58. The smallest absolute Gasteiger partial charge is 0.303 e. The van der Waals surface area contributed by atoms with Gasteiger partial charge in [-0.15, -0.1) is 23.2 Å². The number of carbonyl (C=O) groups excluding carboxylic acids is 4. The fourth-order valence-corrected chi connectivity index (χ4v) is 8.47. The second-order valence-electron chi connectivity index (χ2n) is 11.8. The third kappa shape index (κ3) is 4.40. The Morgan fingerprint density at radius 1 is 1.02 bits per heavy atom. The molecule has 0 spiro atoms. The molecule has 0 radical (unpaired) electrons. The summed E-state index contributed by atoms with van der Waals surface area (Å²) in [5.41, 5.74) is 0.457. The fraction of sp³-hybridized carbons (Fsp3) is 0.406. The number of hydrogen-bond acceptors (Lipinski definition) is 8. The van der Waals surface area contributed by atoms with Crippen molar-refractivity contribution in [2.24, 2.45) is 17.8 Å². The molecule has 6 unspecified atom stereocenters. The molecular formula is C32H29Cl2FN2O9. The Morgan fingerprint density at radius 2 is 1.72 bits per heavy atom. The van der Waals surface area contributed by atoms with Gasteiger partial charge in [0, 0.05) is 36.6 Å². The first-order valence-corrected chi connectivity index (χ1v) is 15.3. The van der Waals surface area contributed by atoms with Gasteiger partial charge in [0.15, 0.2) is 9.75 Å². The summed E-state index contributed by atoms with van der Waals surface area (Å²) in [4.78, 5) is 64.6. The molecule has 242 valence electrons. The molecule has 4 amide bonds. The number of fused-ring (bicyclic) bond motifs is 4. The van der Waals surface area contributed by atoms with Crippen LogP contribution in [0.15, 0.2) is 48.0 Å².